The van der Waals surface area contributed by atoms with Gasteiger partial charge in [-0.05, 0) is 78.6 Å². The van der Waals surface area contributed by atoms with E-state index >= 15 is 0 Å². The molecule has 1 aromatic heterocycles. The first-order chi connectivity index (χ1) is 11.5. The number of H-pyrrole nitrogens is 1. The van der Waals surface area contributed by atoms with Crippen LogP contribution in [0.2, 0.25) is 0 Å². The van der Waals surface area contributed by atoms with Crippen LogP contribution >= 0.6 is 0 Å². The number of aromatic nitrogens is 1. The number of aryl methyl sites for hydroxylation is 3. The first-order valence-corrected chi connectivity index (χ1v) is 9.69. The molecular formula is C19H20N2O2S. The van der Waals surface area contributed by atoms with E-state index in [2.05, 4.69) is 15.8 Å². The number of benzene rings is 2. The largest absolute Gasteiger partial charge is 0.359 e. The van der Waals surface area contributed by atoms with Crippen LogP contribution in [0.3, 0.4) is 0 Å². The van der Waals surface area contributed by atoms with Gasteiger partial charge in [-0.3, -0.25) is 0 Å². The molecule has 0 saturated heterocycles. The zero-order chi connectivity index (χ0) is 16.7. The van der Waals surface area contributed by atoms with Gasteiger partial charge in [0.15, 0.2) is 0 Å². The normalized spacial score (nSPS) is 14.2. The Morgan fingerprint density at radius 2 is 1.88 bits per heavy atom. The zero-order valence-electron chi connectivity index (χ0n) is 13.6. The summed E-state index contributed by atoms with van der Waals surface area (Å²) in [7, 11) is -3.49. The van der Waals surface area contributed by atoms with E-state index in [1.54, 1.807) is 6.07 Å². The molecule has 5 heteroatoms. The minimum atomic E-state index is -3.49. The third kappa shape index (κ3) is 2.85. The fourth-order valence-corrected chi connectivity index (χ4v) is 4.48. The summed E-state index contributed by atoms with van der Waals surface area (Å²) < 4.78 is 27.8. The maximum atomic E-state index is 12.6. The Bertz CT molecular complexity index is 1020. The van der Waals surface area contributed by atoms with Gasteiger partial charge in [0.2, 0.25) is 10.0 Å². The Hall–Kier alpha value is -2.11. The van der Waals surface area contributed by atoms with Crippen molar-refractivity contribution in [3.8, 4) is 0 Å². The minimum Gasteiger partial charge on any atom is -0.359 e. The highest BCUT2D eigenvalue weighted by Crippen LogP contribution is 2.25. The van der Waals surface area contributed by atoms with Gasteiger partial charge >= 0.3 is 0 Å². The van der Waals surface area contributed by atoms with Crippen LogP contribution in [0.25, 0.3) is 10.9 Å². The molecule has 0 spiro atoms. The van der Waals surface area contributed by atoms with Gasteiger partial charge in [0.1, 0.15) is 0 Å². The number of fused-ring (bicyclic) bond motifs is 2. The first kappa shape index (κ1) is 15.4. The van der Waals surface area contributed by atoms with Crippen LogP contribution < -0.4 is 4.72 Å². The third-order valence-corrected chi connectivity index (χ3v) is 6.07. The van der Waals surface area contributed by atoms with E-state index in [-0.39, 0.29) is 0 Å². The van der Waals surface area contributed by atoms with Crippen LogP contribution in [0.4, 0.5) is 0 Å². The number of nitrogens with one attached hydrogen (secondary N) is 2. The summed E-state index contributed by atoms with van der Waals surface area (Å²) in [5, 5.41) is 1.10. The molecule has 1 aliphatic rings. The van der Waals surface area contributed by atoms with Crippen LogP contribution in [0.1, 0.15) is 28.8 Å². The van der Waals surface area contributed by atoms with Crippen molar-refractivity contribution in [1.82, 2.24) is 9.71 Å². The van der Waals surface area contributed by atoms with Gasteiger partial charge in [-0.15, -0.1) is 0 Å². The molecule has 0 atom stereocenters. The summed E-state index contributed by atoms with van der Waals surface area (Å²) in [4.78, 5) is 3.63. The van der Waals surface area contributed by atoms with E-state index < -0.39 is 10.0 Å². The lowest BCUT2D eigenvalue weighted by atomic mass is 10.1. The summed E-state index contributed by atoms with van der Waals surface area (Å²) in [5.74, 6) is 0. The third-order valence-electron chi connectivity index (χ3n) is 4.67. The van der Waals surface area contributed by atoms with Crippen molar-refractivity contribution in [3.05, 3.63) is 64.8 Å². The molecule has 124 valence electrons. The molecule has 3 aromatic rings. The first-order valence-electron chi connectivity index (χ1n) is 8.21. The Morgan fingerprint density at radius 3 is 2.75 bits per heavy atom. The van der Waals surface area contributed by atoms with Gasteiger partial charge in [-0.25, -0.2) is 13.1 Å². The summed E-state index contributed by atoms with van der Waals surface area (Å²) in [6.45, 7) is 2.30. The smallest absolute Gasteiger partial charge is 0.240 e. The van der Waals surface area contributed by atoms with Gasteiger partial charge in [-0.1, -0.05) is 12.1 Å². The van der Waals surface area contributed by atoms with Crippen LogP contribution in [-0.2, 0) is 29.4 Å². The molecule has 1 heterocycles. The summed E-state index contributed by atoms with van der Waals surface area (Å²) in [6.07, 6.45) is 3.14. The van der Waals surface area contributed by atoms with E-state index in [1.165, 1.54) is 11.1 Å². The average Bonchev–Trinajstić information content (AvgIpc) is 3.16. The molecule has 0 amide bonds. The van der Waals surface area contributed by atoms with Crippen molar-refractivity contribution in [2.45, 2.75) is 37.6 Å². The van der Waals surface area contributed by atoms with E-state index in [9.17, 15) is 8.42 Å². The summed E-state index contributed by atoms with van der Waals surface area (Å²) in [5.41, 5.74) is 5.56. The van der Waals surface area contributed by atoms with Crippen molar-refractivity contribution in [2.75, 3.05) is 0 Å². The number of sulfonamides is 1. The Balaban J connectivity index is 1.54. The van der Waals surface area contributed by atoms with Crippen molar-refractivity contribution in [3.63, 3.8) is 0 Å². The van der Waals surface area contributed by atoms with Crippen molar-refractivity contribution >= 4 is 20.9 Å². The topological polar surface area (TPSA) is 62.0 Å². The molecule has 0 aliphatic heterocycles. The lowest BCUT2D eigenvalue weighted by molar-refractivity contribution is 0.581. The van der Waals surface area contributed by atoms with Gasteiger partial charge in [0.05, 0.1) is 4.90 Å². The summed E-state index contributed by atoms with van der Waals surface area (Å²) >= 11 is 0. The molecule has 2 aromatic carbocycles. The molecule has 0 saturated carbocycles. The maximum absolute atomic E-state index is 12.6. The highest BCUT2D eigenvalue weighted by Gasteiger charge is 2.18. The lowest BCUT2D eigenvalue weighted by Gasteiger charge is -2.09. The predicted octanol–water partition coefficient (Wildman–Crippen LogP) is 3.44. The van der Waals surface area contributed by atoms with E-state index in [1.807, 2.05) is 37.3 Å². The fourth-order valence-electron chi connectivity index (χ4n) is 3.41. The van der Waals surface area contributed by atoms with E-state index in [4.69, 9.17) is 0 Å². The molecule has 2 N–H and O–H groups in total. The van der Waals surface area contributed by atoms with Crippen molar-refractivity contribution in [2.24, 2.45) is 0 Å². The number of hydrogen-bond donors (Lipinski definition) is 2. The zero-order valence-corrected chi connectivity index (χ0v) is 14.4. The van der Waals surface area contributed by atoms with Crippen molar-refractivity contribution in [1.29, 1.82) is 0 Å². The SMILES string of the molecule is Cc1cc2cc(CNS(=O)(=O)c3ccc4c(c3)CCC4)ccc2[nH]1. The fraction of sp³-hybridized carbons (Fsp3) is 0.263. The number of hydrogen-bond acceptors (Lipinski definition) is 2. The molecule has 4 nitrogen and oxygen atoms in total. The molecule has 0 bridgehead atoms. The maximum Gasteiger partial charge on any atom is 0.240 e. The van der Waals surface area contributed by atoms with E-state index in [0.717, 1.165) is 41.4 Å². The van der Waals surface area contributed by atoms with Gasteiger partial charge in [-0.2, -0.15) is 0 Å². The minimum absolute atomic E-state index is 0.291. The van der Waals surface area contributed by atoms with E-state index in [0.29, 0.717) is 11.4 Å². The second kappa shape index (κ2) is 5.76. The Labute approximate surface area is 142 Å². The van der Waals surface area contributed by atoms with Crippen LogP contribution in [0.5, 0.6) is 0 Å². The summed E-state index contributed by atoms with van der Waals surface area (Å²) in [6, 6.07) is 13.5. The second-order valence-electron chi connectivity index (χ2n) is 6.48. The molecule has 0 fully saturated rings. The number of rotatable bonds is 4. The molecule has 0 unspecified atom stereocenters. The van der Waals surface area contributed by atoms with Crippen LogP contribution in [0, 0.1) is 6.92 Å². The van der Waals surface area contributed by atoms with Gasteiger partial charge in [0, 0.05) is 17.8 Å². The molecule has 1 aliphatic carbocycles. The standard InChI is InChI=1S/C19H20N2O2S/c1-13-9-17-10-14(5-8-19(17)21-13)12-20-24(22,23)18-7-6-15-3-2-4-16(15)11-18/h5-11,20-21H,2-4,12H2,1H3. The van der Waals surface area contributed by atoms with Crippen LogP contribution in [0.15, 0.2) is 47.4 Å². The molecule has 24 heavy (non-hydrogen) atoms. The molecule has 4 rings (SSSR count). The Morgan fingerprint density at radius 1 is 1.04 bits per heavy atom. The number of aromatic amines is 1. The average molecular weight is 340 g/mol. The van der Waals surface area contributed by atoms with Gasteiger partial charge in [0.25, 0.3) is 0 Å². The molecular weight excluding hydrogens is 320 g/mol. The monoisotopic (exact) mass is 340 g/mol. The molecule has 0 radical (unpaired) electrons. The van der Waals surface area contributed by atoms with Crippen LogP contribution in [-0.4, -0.2) is 13.4 Å². The predicted molar refractivity (Wildman–Crippen MR) is 95.5 cm³/mol. The van der Waals surface area contributed by atoms with Gasteiger partial charge < -0.3 is 4.98 Å². The highest BCUT2D eigenvalue weighted by molar-refractivity contribution is 7.89. The highest BCUT2D eigenvalue weighted by atomic mass is 32.2. The quantitative estimate of drug-likeness (QED) is 0.764. The second-order valence-corrected chi connectivity index (χ2v) is 8.25. The Kier molecular flexibility index (Phi) is 3.70. The lowest BCUT2D eigenvalue weighted by Crippen LogP contribution is -2.23. The van der Waals surface area contributed by atoms with Crippen molar-refractivity contribution < 1.29 is 8.42 Å².